The zero-order valence-corrected chi connectivity index (χ0v) is 19.0. The highest BCUT2D eigenvalue weighted by molar-refractivity contribution is 5.77. The minimum atomic E-state index is -0.911. The third kappa shape index (κ3) is 6.21. The summed E-state index contributed by atoms with van der Waals surface area (Å²) in [6.07, 6.45) is 1.71. The van der Waals surface area contributed by atoms with Crippen LogP contribution in [0.25, 0.3) is 0 Å². The molecule has 0 aromatic heterocycles. The summed E-state index contributed by atoms with van der Waals surface area (Å²) in [5.41, 5.74) is 2.87. The summed E-state index contributed by atoms with van der Waals surface area (Å²) < 4.78 is 25.5. The summed E-state index contributed by atoms with van der Waals surface area (Å²) in [5, 5.41) is 21.6. The minimum absolute atomic E-state index is 0.0741. The van der Waals surface area contributed by atoms with Crippen LogP contribution < -0.4 is 10.2 Å². The molecule has 3 rings (SSSR count). The summed E-state index contributed by atoms with van der Waals surface area (Å²) >= 11 is 0. The fraction of sp³-hybridized carbons (Fsp3) is 0.440. The molecular weight excluding hydrogens is 425 g/mol. The van der Waals surface area contributed by atoms with Crippen molar-refractivity contribution in [1.29, 1.82) is 5.26 Å². The smallest absolute Gasteiger partial charge is 0.304 e. The molecule has 1 aliphatic rings. The van der Waals surface area contributed by atoms with Crippen LogP contribution >= 0.6 is 0 Å². The van der Waals surface area contributed by atoms with E-state index in [4.69, 9.17) is 14.7 Å². The molecule has 0 amide bonds. The number of carboxylic acid groups (broad SMARTS) is 1. The predicted octanol–water partition coefficient (Wildman–Crippen LogP) is 4.65. The number of nitrogens with zero attached hydrogens (tertiary/aromatic N) is 2. The standard InChI is InChI=1S/C25H30FN3O4/c1-3-29(20-8-10-33-11-9-20)24-7-5-18(19(16-32-2)14-25(30)31)13-23(24)28-22-6-4-17(15-27)12-21(22)26/h4-7,12-13,19-20,28H,3,8-11,14,16H2,1-2H3,(H,30,31)/t19-/m0/s1. The summed E-state index contributed by atoms with van der Waals surface area (Å²) in [7, 11) is 1.54. The van der Waals surface area contributed by atoms with Gasteiger partial charge in [0.25, 0.3) is 0 Å². The first-order chi connectivity index (χ1) is 16.0. The van der Waals surface area contributed by atoms with Crippen molar-refractivity contribution >= 4 is 23.0 Å². The van der Waals surface area contributed by atoms with Gasteiger partial charge in [0.2, 0.25) is 0 Å². The molecular formula is C25H30FN3O4. The third-order valence-electron chi connectivity index (χ3n) is 5.93. The van der Waals surface area contributed by atoms with Crippen LogP contribution in [0.3, 0.4) is 0 Å². The molecule has 1 aliphatic heterocycles. The van der Waals surface area contributed by atoms with Crippen LogP contribution in [0, 0.1) is 17.1 Å². The molecule has 1 heterocycles. The Morgan fingerprint density at radius 1 is 1.30 bits per heavy atom. The molecule has 8 heteroatoms. The lowest BCUT2D eigenvalue weighted by atomic mass is 9.94. The number of carbonyl (C=O) groups is 1. The highest BCUT2D eigenvalue weighted by atomic mass is 19.1. The number of aliphatic carboxylic acids is 1. The number of hydrogen-bond acceptors (Lipinski definition) is 6. The highest BCUT2D eigenvalue weighted by Gasteiger charge is 2.24. The fourth-order valence-electron chi connectivity index (χ4n) is 4.30. The first kappa shape index (κ1) is 24.5. The van der Waals surface area contributed by atoms with Gasteiger partial charge in [-0.05, 0) is 55.7 Å². The molecule has 2 N–H and O–H groups in total. The maximum absolute atomic E-state index is 14.7. The van der Waals surface area contributed by atoms with E-state index in [1.807, 2.05) is 24.3 Å². The van der Waals surface area contributed by atoms with E-state index in [0.29, 0.717) is 18.9 Å². The molecule has 0 bridgehead atoms. The number of anilines is 3. The Balaban J connectivity index is 2.04. The van der Waals surface area contributed by atoms with Gasteiger partial charge in [-0.1, -0.05) is 6.07 Å². The van der Waals surface area contributed by atoms with Crippen molar-refractivity contribution in [3.05, 3.63) is 53.3 Å². The van der Waals surface area contributed by atoms with Gasteiger partial charge in [0.15, 0.2) is 0 Å². The van der Waals surface area contributed by atoms with Crippen molar-refractivity contribution in [3.8, 4) is 6.07 Å². The lowest BCUT2D eigenvalue weighted by Gasteiger charge is -2.37. The fourth-order valence-corrected chi connectivity index (χ4v) is 4.30. The van der Waals surface area contributed by atoms with Gasteiger partial charge in [-0.3, -0.25) is 4.79 Å². The van der Waals surface area contributed by atoms with Crippen LogP contribution in [-0.4, -0.2) is 50.6 Å². The lowest BCUT2D eigenvalue weighted by Crippen LogP contribution is -2.39. The SMILES string of the molecule is CCN(c1ccc([C@H](COC)CC(=O)O)cc1Nc1ccc(C#N)cc1F)C1CCOCC1. The van der Waals surface area contributed by atoms with E-state index in [9.17, 15) is 14.3 Å². The largest absolute Gasteiger partial charge is 0.481 e. The Labute approximate surface area is 193 Å². The number of benzene rings is 2. The van der Waals surface area contributed by atoms with E-state index >= 15 is 0 Å². The summed E-state index contributed by atoms with van der Waals surface area (Å²) in [6.45, 7) is 4.48. The average Bonchev–Trinajstić information content (AvgIpc) is 2.82. The predicted molar refractivity (Wildman–Crippen MR) is 125 cm³/mol. The molecule has 33 heavy (non-hydrogen) atoms. The van der Waals surface area contributed by atoms with Crippen LogP contribution in [0.5, 0.6) is 0 Å². The van der Waals surface area contributed by atoms with Crippen molar-refractivity contribution in [2.45, 2.75) is 38.1 Å². The molecule has 1 atom stereocenters. The number of carboxylic acids is 1. The summed E-state index contributed by atoms with van der Waals surface area (Å²) in [5.74, 6) is -1.78. The zero-order chi connectivity index (χ0) is 23.8. The second kappa shape index (κ2) is 11.6. The number of methoxy groups -OCH3 is 1. The van der Waals surface area contributed by atoms with Crippen molar-refractivity contribution in [1.82, 2.24) is 0 Å². The van der Waals surface area contributed by atoms with Crippen LogP contribution in [0.4, 0.5) is 21.5 Å². The van der Waals surface area contributed by atoms with Crippen LogP contribution in [0.2, 0.25) is 0 Å². The Kier molecular flexibility index (Phi) is 8.64. The van der Waals surface area contributed by atoms with E-state index in [1.165, 1.54) is 6.07 Å². The molecule has 0 unspecified atom stereocenters. The normalized spacial score (nSPS) is 15.0. The molecule has 176 valence electrons. The highest BCUT2D eigenvalue weighted by Crippen LogP contribution is 2.36. The Bertz CT molecular complexity index is 1000. The summed E-state index contributed by atoms with van der Waals surface area (Å²) in [4.78, 5) is 13.7. The van der Waals surface area contributed by atoms with Crippen molar-refractivity contribution < 1.29 is 23.8 Å². The van der Waals surface area contributed by atoms with E-state index in [0.717, 1.165) is 30.6 Å². The molecule has 1 saturated heterocycles. The topological polar surface area (TPSA) is 94.8 Å². The molecule has 7 nitrogen and oxygen atoms in total. The number of nitrogens with one attached hydrogen (secondary N) is 1. The number of halogens is 1. The van der Waals surface area contributed by atoms with Crippen LogP contribution in [0.15, 0.2) is 36.4 Å². The molecule has 2 aromatic carbocycles. The van der Waals surface area contributed by atoms with E-state index in [-0.39, 0.29) is 36.2 Å². The van der Waals surface area contributed by atoms with Crippen molar-refractivity contribution in [2.75, 3.05) is 43.7 Å². The van der Waals surface area contributed by atoms with Gasteiger partial charge in [0.05, 0.1) is 41.7 Å². The maximum Gasteiger partial charge on any atom is 0.304 e. The Morgan fingerprint density at radius 3 is 2.67 bits per heavy atom. The van der Waals surface area contributed by atoms with Gasteiger partial charge in [-0.15, -0.1) is 0 Å². The van der Waals surface area contributed by atoms with Crippen LogP contribution in [-0.2, 0) is 14.3 Å². The van der Waals surface area contributed by atoms with Crippen molar-refractivity contribution in [2.24, 2.45) is 0 Å². The minimum Gasteiger partial charge on any atom is -0.481 e. The maximum atomic E-state index is 14.7. The number of ether oxygens (including phenoxy) is 2. The molecule has 2 aromatic rings. The first-order valence-corrected chi connectivity index (χ1v) is 11.1. The molecule has 0 spiro atoms. The molecule has 1 fully saturated rings. The quantitative estimate of drug-likeness (QED) is 0.538. The van der Waals surface area contributed by atoms with Gasteiger partial charge in [0.1, 0.15) is 5.82 Å². The lowest BCUT2D eigenvalue weighted by molar-refractivity contribution is -0.137. The molecule has 0 radical (unpaired) electrons. The number of hydrogen-bond donors (Lipinski definition) is 2. The van der Waals surface area contributed by atoms with Crippen LogP contribution in [0.1, 0.15) is 43.2 Å². The van der Waals surface area contributed by atoms with Gasteiger partial charge in [-0.25, -0.2) is 4.39 Å². The first-order valence-electron chi connectivity index (χ1n) is 11.1. The Morgan fingerprint density at radius 2 is 2.06 bits per heavy atom. The number of rotatable bonds is 10. The van der Waals surface area contributed by atoms with Crippen molar-refractivity contribution in [3.63, 3.8) is 0 Å². The molecule has 0 saturated carbocycles. The van der Waals surface area contributed by atoms with Gasteiger partial charge < -0.3 is 24.8 Å². The average molecular weight is 456 g/mol. The second-order valence-corrected chi connectivity index (χ2v) is 8.09. The number of nitriles is 1. The summed E-state index contributed by atoms with van der Waals surface area (Å²) in [6, 6.07) is 12.3. The van der Waals surface area contributed by atoms with Gasteiger partial charge >= 0.3 is 5.97 Å². The second-order valence-electron chi connectivity index (χ2n) is 8.09. The zero-order valence-electron chi connectivity index (χ0n) is 19.0. The third-order valence-corrected chi connectivity index (χ3v) is 5.93. The van der Waals surface area contributed by atoms with E-state index in [2.05, 4.69) is 17.1 Å². The molecule has 0 aliphatic carbocycles. The van der Waals surface area contributed by atoms with Gasteiger partial charge in [0, 0.05) is 38.8 Å². The monoisotopic (exact) mass is 455 g/mol. The van der Waals surface area contributed by atoms with E-state index in [1.54, 1.807) is 19.2 Å². The van der Waals surface area contributed by atoms with Gasteiger partial charge in [-0.2, -0.15) is 5.26 Å². The van der Waals surface area contributed by atoms with E-state index < -0.39 is 11.8 Å². The Hall–Kier alpha value is -3.15.